The average molecular weight is 507 g/mol. The van der Waals surface area contributed by atoms with Gasteiger partial charge in [0.25, 0.3) is 0 Å². The summed E-state index contributed by atoms with van der Waals surface area (Å²) in [5.41, 5.74) is 3.62. The lowest BCUT2D eigenvalue weighted by Gasteiger charge is -2.14. The summed E-state index contributed by atoms with van der Waals surface area (Å²) in [6.07, 6.45) is 10.4. The maximum atomic E-state index is 15.3. The van der Waals surface area contributed by atoms with E-state index in [1.54, 1.807) is 33.9 Å². The monoisotopic (exact) mass is 506 g/mol. The third-order valence-electron chi connectivity index (χ3n) is 7.04. The number of anilines is 1. The van der Waals surface area contributed by atoms with Crippen LogP contribution in [0, 0.1) is 17.7 Å². The van der Waals surface area contributed by atoms with E-state index < -0.39 is 5.82 Å². The number of amides is 1. The molecule has 4 aromatic heterocycles. The zero-order valence-electron chi connectivity index (χ0n) is 20.1. The van der Waals surface area contributed by atoms with Crippen molar-refractivity contribution in [1.29, 1.82) is 0 Å². The van der Waals surface area contributed by atoms with Crippen molar-refractivity contribution in [2.75, 3.05) is 5.32 Å². The molecule has 1 aromatic carbocycles. The number of benzene rings is 1. The Bertz CT molecular complexity index is 1650. The molecule has 1 aliphatic rings. The molecule has 0 bridgehead atoms. The minimum atomic E-state index is -0.486. The summed E-state index contributed by atoms with van der Waals surface area (Å²) in [4.78, 5) is 21.9. The Kier molecular flexibility index (Phi) is 5.11. The second-order valence-corrected chi connectivity index (χ2v) is 10.1. The predicted molar refractivity (Wildman–Crippen MR) is 134 cm³/mol. The number of hydrogen-bond acceptors (Lipinski definition) is 5. The molecule has 184 valence electrons. The third kappa shape index (κ3) is 3.47. The number of hydrogen-bond donors (Lipinski definition) is 2. The predicted octanol–water partition coefficient (Wildman–Crippen LogP) is 4.91. The van der Waals surface area contributed by atoms with Gasteiger partial charge in [0.1, 0.15) is 5.82 Å². The highest BCUT2D eigenvalue weighted by atomic mass is 35.5. The number of rotatable bonds is 5. The molecule has 0 spiro atoms. The fraction of sp³-hybridized carbons (Fsp3) is 0.320. The first-order chi connectivity index (χ1) is 17.2. The van der Waals surface area contributed by atoms with E-state index in [0.717, 1.165) is 5.56 Å². The SMILES string of the molecule is CC(C)c1c(F)c(Cl)c(-c2cn3cc(NC(=O)[C@H]4[C@@H](C)[C@@H]4c4cnn(C)c4)nc3cn2)c2cn[nH]c12. The molecule has 0 unspecified atom stereocenters. The molecule has 2 N–H and O–H groups in total. The van der Waals surface area contributed by atoms with Gasteiger partial charge in [-0.3, -0.25) is 19.6 Å². The number of halogens is 2. The van der Waals surface area contributed by atoms with Crippen LogP contribution in [0.15, 0.2) is 37.2 Å². The number of aromatic nitrogens is 7. The van der Waals surface area contributed by atoms with Crippen LogP contribution in [0.2, 0.25) is 5.02 Å². The van der Waals surface area contributed by atoms with Crippen LogP contribution in [-0.4, -0.2) is 40.3 Å². The molecular formula is C25H24ClFN8O. The Morgan fingerprint density at radius 1 is 1.22 bits per heavy atom. The highest BCUT2D eigenvalue weighted by molar-refractivity contribution is 6.35. The van der Waals surface area contributed by atoms with Gasteiger partial charge in [-0.25, -0.2) is 9.37 Å². The van der Waals surface area contributed by atoms with Gasteiger partial charge in [0, 0.05) is 47.8 Å². The van der Waals surface area contributed by atoms with Crippen LogP contribution >= 0.6 is 11.6 Å². The van der Waals surface area contributed by atoms with Gasteiger partial charge in [0.2, 0.25) is 5.91 Å². The minimum absolute atomic E-state index is 0.00254. The quantitative estimate of drug-likeness (QED) is 0.352. The zero-order chi connectivity index (χ0) is 25.3. The van der Waals surface area contributed by atoms with Crippen LogP contribution < -0.4 is 5.32 Å². The summed E-state index contributed by atoms with van der Waals surface area (Å²) in [5.74, 6) is 0.00638. The summed E-state index contributed by atoms with van der Waals surface area (Å²) in [6.45, 7) is 5.87. The van der Waals surface area contributed by atoms with Gasteiger partial charge in [-0.2, -0.15) is 10.2 Å². The number of nitrogens with one attached hydrogen (secondary N) is 2. The third-order valence-corrected chi connectivity index (χ3v) is 7.40. The van der Waals surface area contributed by atoms with E-state index in [4.69, 9.17) is 11.6 Å². The van der Waals surface area contributed by atoms with Crippen LogP contribution in [0.25, 0.3) is 27.8 Å². The van der Waals surface area contributed by atoms with Crippen molar-refractivity contribution in [3.8, 4) is 11.3 Å². The number of imidazole rings is 1. The molecule has 1 aliphatic carbocycles. The molecule has 0 aliphatic heterocycles. The molecule has 1 amide bonds. The number of H-pyrrole nitrogens is 1. The molecule has 11 heteroatoms. The lowest BCUT2D eigenvalue weighted by Crippen LogP contribution is -2.15. The molecule has 36 heavy (non-hydrogen) atoms. The lowest BCUT2D eigenvalue weighted by atomic mass is 9.96. The molecule has 5 aromatic rings. The molecule has 3 atom stereocenters. The van der Waals surface area contributed by atoms with Crippen molar-refractivity contribution in [3.63, 3.8) is 0 Å². The van der Waals surface area contributed by atoms with Gasteiger partial charge in [-0.1, -0.05) is 32.4 Å². The van der Waals surface area contributed by atoms with Gasteiger partial charge in [0.05, 0.1) is 41.0 Å². The standard InChI is InChI=1S/C25H24ClFN8O/c1-11(2)18-23(27)22(26)21(14-6-29-33-24(14)18)15-9-35-10-16(31-17(35)7-28-15)32-25(36)20-12(3)19(20)13-5-30-34(4)8-13/h5-12,19-20H,1-4H3,(H,29,33)(H,32,36)/t12-,19+,20-/m0/s1. The first-order valence-electron chi connectivity index (χ1n) is 11.7. The van der Waals surface area contributed by atoms with Crippen LogP contribution in [0.4, 0.5) is 10.2 Å². The van der Waals surface area contributed by atoms with Gasteiger partial charge in [-0.15, -0.1) is 0 Å². The normalized spacial score (nSPS) is 19.5. The van der Waals surface area contributed by atoms with E-state index in [9.17, 15) is 4.79 Å². The second-order valence-electron chi connectivity index (χ2n) is 9.74. The Balaban J connectivity index is 1.31. The lowest BCUT2D eigenvalue weighted by molar-refractivity contribution is -0.117. The van der Waals surface area contributed by atoms with Crippen molar-refractivity contribution in [2.45, 2.75) is 32.6 Å². The fourth-order valence-corrected chi connectivity index (χ4v) is 5.52. The summed E-state index contributed by atoms with van der Waals surface area (Å²) in [5, 5.41) is 14.9. The second kappa shape index (κ2) is 8.12. The van der Waals surface area contributed by atoms with Gasteiger partial charge >= 0.3 is 0 Å². The number of carbonyl (C=O) groups excluding carboxylic acids is 1. The highest BCUT2D eigenvalue weighted by Crippen LogP contribution is 2.54. The van der Waals surface area contributed by atoms with Crippen molar-refractivity contribution in [2.24, 2.45) is 18.9 Å². The first-order valence-corrected chi connectivity index (χ1v) is 12.1. The van der Waals surface area contributed by atoms with Gasteiger partial charge in [-0.05, 0) is 17.4 Å². The van der Waals surface area contributed by atoms with Crippen molar-refractivity contribution < 1.29 is 9.18 Å². The summed E-state index contributed by atoms with van der Waals surface area (Å²) in [6, 6.07) is 0. The van der Waals surface area contributed by atoms with E-state index in [1.165, 1.54) is 0 Å². The minimum Gasteiger partial charge on any atom is -0.309 e. The molecule has 9 nitrogen and oxygen atoms in total. The Morgan fingerprint density at radius 3 is 2.75 bits per heavy atom. The maximum Gasteiger partial charge on any atom is 0.229 e. The van der Waals surface area contributed by atoms with E-state index in [2.05, 4.69) is 37.5 Å². The summed E-state index contributed by atoms with van der Waals surface area (Å²) >= 11 is 6.51. The van der Waals surface area contributed by atoms with E-state index in [0.29, 0.717) is 39.2 Å². The Hall–Kier alpha value is -3.79. The van der Waals surface area contributed by atoms with Crippen LogP contribution in [-0.2, 0) is 11.8 Å². The fourth-order valence-electron chi connectivity index (χ4n) is 5.22. The number of nitrogens with zero attached hydrogens (tertiary/aromatic N) is 6. The van der Waals surface area contributed by atoms with E-state index in [-0.39, 0.29) is 34.6 Å². The van der Waals surface area contributed by atoms with Crippen molar-refractivity contribution in [1.82, 2.24) is 34.3 Å². The maximum absolute atomic E-state index is 15.3. The Labute approximate surface area is 210 Å². The van der Waals surface area contributed by atoms with E-state index >= 15 is 4.39 Å². The smallest absolute Gasteiger partial charge is 0.229 e. The van der Waals surface area contributed by atoms with E-state index in [1.807, 2.05) is 33.3 Å². The number of aromatic amines is 1. The highest BCUT2D eigenvalue weighted by Gasteiger charge is 2.53. The largest absolute Gasteiger partial charge is 0.309 e. The molecule has 1 fully saturated rings. The molecule has 6 rings (SSSR count). The van der Waals surface area contributed by atoms with Crippen LogP contribution in [0.3, 0.4) is 0 Å². The number of aryl methyl sites for hydroxylation is 1. The molecule has 0 saturated heterocycles. The van der Waals surface area contributed by atoms with Gasteiger partial charge < -0.3 is 9.72 Å². The number of fused-ring (bicyclic) bond motifs is 2. The van der Waals surface area contributed by atoms with Crippen LogP contribution in [0.1, 0.15) is 43.7 Å². The Morgan fingerprint density at radius 2 is 2.03 bits per heavy atom. The zero-order valence-corrected chi connectivity index (χ0v) is 20.9. The first kappa shape index (κ1) is 22.7. The molecule has 4 heterocycles. The summed E-state index contributed by atoms with van der Waals surface area (Å²) < 4.78 is 18.7. The molecular weight excluding hydrogens is 483 g/mol. The topological polar surface area (TPSA) is 106 Å². The number of carbonyl (C=O) groups is 1. The van der Waals surface area contributed by atoms with Crippen LogP contribution in [0.5, 0.6) is 0 Å². The average Bonchev–Trinajstić information content (AvgIpc) is 3.24. The van der Waals surface area contributed by atoms with Crippen molar-refractivity contribution >= 4 is 39.9 Å². The van der Waals surface area contributed by atoms with Gasteiger partial charge in [0.15, 0.2) is 11.5 Å². The molecule has 1 saturated carbocycles. The molecule has 0 radical (unpaired) electrons. The van der Waals surface area contributed by atoms with Crippen molar-refractivity contribution in [3.05, 3.63) is 59.1 Å². The summed E-state index contributed by atoms with van der Waals surface area (Å²) in [7, 11) is 1.86.